The van der Waals surface area contributed by atoms with Gasteiger partial charge in [-0.25, -0.2) is 0 Å². The van der Waals surface area contributed by atoms with E-state index in [2.05, 4.69) is 11.9 Å². The predicted molar refractivity (Wildman–Crippen MR) is 88.5 cm³/mol. The molecule has 2 saturated heterocycles. The highest BCUT2D eigenvalue weighted by Crippen LogP contribution is 2.29. The third-order valence-corrected chi connectivity index (χ3v) is 5.27. The molecule has 1 aromatic carbocycles. The second kappa shape index (κ2) is 6.80. The quantitative estimate of drug-likeness (QED) is 0.920. The summed E-state index contributed by atoms with van der Waals surface area (Å²) in [6, 6.07) is 10.3. The van der Waals surface area contributed by atoms with Crippen LogP contribution in [0.15, 0.2) is 30.3 Å². The first-order valence-electron chi connectivity index (χ1n) is 8.43. The minimum atomic E-state index is -0.416. The Bertz CT molecular complexity index is 504. The second-order valence-corrected chi connectivity index (χ2v) is 6.82. The molecule has 2 aliphatic heterocycles. The summed E-state index contributed by atoms with van der Waals surface area (Å²) in [6.07, 6.45) is 4.21. The monoisotopic (exact) mass is 301 g/mol. The van der Waals surface area contributed by atoms with Gasteiger partial charge in [0.15, 0.2) is 0 Å². The molecule has 4 heteroatoms. The van der Waals surface area contributed by atoms with E-state index >= 15 is 0 Å². The minimum absolute atomic E-state index is 0.121. The number of hydrogen-bond donors (Lipinski definition) is 1. The van der Waals surface area contributed by atoms with E-state index in [1.807, 2.05) is 35.2 Å². The SMILES string of the molecule is CN1CCCC2CN(C(=O)C(N)Cc3ccccc3)CCC21. The Kier molecular flexibility index (Phi) is 4.79. The van der Waals surface area contributed by atoms with Crippen LogP contribution in [0.4, 0.5) is 0 Å². The number of fused-ring (bicyclic) bond motifs is 1. The summed E-state index contributed by atoms with van der Waals surface area (Å²) in [5.74, 6) is 0.746. The number of likely N-dealkylation sites (tertiary alicyclic amines) is 2. The first kappa shape index (κ1) is 15.5. The van der Waals surface area contributed by atoms with E-state index in [1.54, 1.807) is 0 Å². The molecule has 4 nitrogen and oxygen atoms in total. The maximum atomic E-state index is 12.6. The molecule has 3 rings (SSSR count). The normalized spacial score (nSPS) is 27.3. The third kappa shape index (κ3) is 3.33. The van der Waals surface area contributed by atoms with Crippen molar-refractivity contribution in [2.24, 2.45) is 11.7 Å². The van der Waals surface area contributed by atoms with Crippen LogP contribution in [0.5, 0.6) is 0 Å². The Morgan fingerprint density at radius 1 is 1.27 bits per heavy atom. The Morgan fingerprint density at radius 3 is 2.82 bits per heavy atom. The lowest BCUT2D eigenvalue weighted by atomic mass is 9.84. The number of piperidine rings is 2. The van der Waals surface area contributed by atoms with Crippen molar-refractivity contribution < 1.29 is 4.79 Å². The van der Waals surface area contributed by atoms with Crippen molar-refractivity contribution in [1.82, 2.24) is 9.80 Å². The third-order valence-electron chi connectivity index (χ3n) is 5.27. The average Bonchev–Trinajstić information content (AvgIpc) is 2.55. The Labute approximate surface area is 133 Å². The van der Waals surface area contributed by atoms with Crippen LogP contribution in [-0.4, -0.2) is 54.5 Å². The van der Waals surface area contributed by atoms with Crippen molar-refractivity contribution in [3.8, 4) is 0 Å². The van der Waals surface area contributed by atoms with Crippen LogP contribution in [0.3, 0.4) is 0 Å². The fourth-order valence-electron chi connectivity index (χ4n) is 4.04. The molecule has 1 aromatic rings. The van der Waals surface area contributed by atoms with Crippen molar-refractivity contribution in [3.05, 3.63) is 35.9 Å². The number of benzene rings is 1. The smallest absolute Gasteiger partial charge is 0.239 e. The van der Waals surface area contributed by atoms with Crippen molar-refractivity contribution >= 4 is 5.91 Å². The minimum Gasteiger partial charge on any atom is -0.341 e. The molecule has 3 atom stereocenters. The van der Waals surface area contributed by atoms with Crippen molar-refractivity contribution in [2.45, 2.75) is 37.8 Å². The highest BCUT2D eigenvalue weighted by Gasteiger charge is 2.36. The highest BCUT2D eigenvalue weighted by molar-refractivity contribution is 5.82. The van der Waals surface area contributed by atoms with Crippen LogP contribution in [0.25, 0.3) is 0 Å². The highest BCUT2D eigenvalue weighted by atomic mass is 16.2. The summed E-state index contributed by atoms with van der Waals surface area (Å²) in [5, 5.41) is 0. The number of nitrogens with two attached hydrogens (primary N) is 1. The van der Waals surface area contributed by atoms with Crippen LogP contribution >= 0.6 is 0 Å². The zero-order valence-corrected chi connectivity index (χ0v) is 13.4. The number of carbonyl (C=O) groups excluding carboxylic acids is 1. The van der Waals surface area contributed by atoms with Gasteiger partial charge in [0, 0.05) is 19.1 Å². The molecular weight excluding hydrogens is 274 g/mol. The van der Waals surface area contributed by atoms with Gasteiger partial charge in [-0.2, -0.15) is 0 Å². The number of carbonyl (C=O) groups is 1. The molecule has 0 saturated carbocycles. The van der Waals surface area contributed by atoms with Gasteiger partial charge >= 0.3 is 0 Å². The van der Waals surface area contributed by atoms with E-state index in [9.17, 15) is 4.79 Å². The number of nitrogens with zero attached hydrogens (tertiary/aromatic N) is 2. The lowest BCUT2D eigenvalue weighted by Gasteiger charge is -2.46. The number of rotatable bonds is 3. The fourth-order valence-corrected chi connectivity index (χ4v) is 4.04. The Morgan fingerprint density at radius 2 is 2.05 bits per heavy atom. The first-order valence-corrected chi connectivity index (χ1v) is 8.43. The van der Waals surface area contributed by atoms with Gasteiger partial charge in [-0.3, -0.25) is 4.79 Å². The molecular formula is C18H27N3O. The summed E-state index contributed by atoms with van der Waals surface area (Å²) in [5.41, 5.74) is 7.31. The Balaban J connectivity index is 1.58. The molecule has 3 unspecified atom stereocenters. The van der Waals surface area contributed by atoms with Gasteiger partial charge in [0.1, 0.15) is 0 Å². The van der Waals surface area contributed by atoms with Crippen molar-refractivity contribution in [3.63, 3.8) is 0 Å². The van der Waals surface area contributed by atoms with Crippen LogP contribution in [0.1, 0.15) is 24.8 Å². The molecule has 1 amide bonds. The van der Waals surface area contributed by atoms with E-state index < -0.39 is 6.04 Å². The largest absolute Gasteiger partial charge is 0.341 e. The maximum absolute atomic E-state index is 12.6. The van der Waals surface area contributed by atoms with E-state index in [0.717, 1.165) is 25.1 Å². The summed E-state index contributed by atoms with van der Waals surface area (Å²) in [6.45, 7) is 2.94. The summed E-state index contributed by atoms with van der Waals surface area (Å²) >= 11 is 0. The van der Waals surface area contributed by atoms with Crippen LogP contribution in [-0.2, 0) is 11.2 Å². The van der Waals surface area contributed by atoms with Gasteiger partial charge in [-0.15, -0.1) is 0 Å². The van der Waals surface area contributed by atoms with Gasteiger partial charge in [0.25, 0.3) is 0 Å². The summed E-state index contributed by atoms with van der Waals surface area (Å²) < 4.78 is 0. The molecule has 2 N–H and O–H groups in total. The zero-order valence-electron chi connectivity index (χ0n) is 13.4. The van der Waals surface area contributed by atoms with E-state index in [0.29, 0.717) is 18.4 Å². The van der Waals surface area contributed by atoms with Crippen molar-refractivity contribution in [1.29, 1.82) is 0 Å². The van der Waals surface area contributed by atoms with Gasteiger partial charge in [-0.1, -0.05) is 30.3 Å². The van der Waals surface area contributed by atoms with Crippen LogP contribution in [0, 0.1) is 5.92 Å². The lowest BCUT2D eigenvalue weighted by Crippen LogP contribution is -2.56. The van der Waals surface area contributed by atoms with Crippen molar-refractivity contribution in [2.75, 3.05) is 26.7 Å². The fraction of sp³-hybridized carbons (Fsp3) is 0.611. The number of amides is 1. The summed E-state index contributed by atoms with van der Waals surface area (Å²) in [7, 11) is 2.22. The van der Waals surface area contributed by atoms with Gasteiger partial charge < -0.3 is 15.5 Å². The van der Waals surface area contributed by atoms with Gasteiger partial charge in [-0.05, 0) is 50.8 Å². The first-order chi connectivity index (χ1) is 10.6. The van der Waals surface area contributed by atoms with Crippen LogP contribution in [0.2, 0.25) is 0 Å². The molecule has 120 valence electrons. The van der Waals surface area contributed by atoms with Gasteiger partial charge in [0.2, 0.25) is 5.91 Å². The summed E-state index contributed by atoms with van der Waals surface area (Å²) in [4.78, 5) is 17.1. The molecule has 2 aliphatic rings. The zero-order chi connectivity index (χ0) is 15.5. The molecule has 0 radical (unpaired) electrons. The number of hydrogen-bond acceptors (Lipinski definition) is 3. The molecule has 2 fully saturated rings. The Hall–Kier alpha value is -1.39. The average molecular weight is 301 g/mol. The van der Waals surface area contributed by atoms with Gasteiger partial charge in [0.05, 0.1) is 6.04 Å². The van der Waals surface area contributed by atoms with Crippen LogP contribution < -0.4 is 5.73 Å². The molecule has 2 heterocycles. The molecule has 0 aromatic heterocycles. The second-order valence-electron chi connectivity index (χ2n) is 6.82. The lowest BCUT2D eigenvalue weighted by molar-refractivity contribution is -0.136. The standard InChI is InChI=1S/C18H27N3O/c1-20-10-5-8-15-13-21(11-9-17(15)20)18(22)16(19)12-14-6-3-2-4-7-14/h2-4,6-7,15-17H,5,8-13,19H2,1H3. The maximum Gasteiger partial charge on any atom is 0.239 e. The topological polar surface area (TPSA) is 49.6 Å². The molecule has 0 bridgehead atoms. The van der Waals surface area contributed by atoms with E-state index in [1.165, 1.54) is 19.4 Å². The molecule has 0 aliphatic carbocycles. The molecule has 0 spiro atoms. The molecule has 22 heavy (non-hydrogen) atoms. The van der Waals surface area contributed by atoms with E-state index in [-0.39, 0.29) is 5.91 Å². The van der Waals surface area contributed by atoms with E-state index in [4.69, 9.17) is 5.73 Å². The predicted octanol–water partition coefficient (Wildman–Crippen LogP) is 1.50.